The number of fused-ring (bicyclic) bond motifs is 2. The van der Waals surface area contributed by atoms with Gasteiger partial charge in [0.25, 0.3) is 0 Å². The van der Waals surface area contributed by atoms with Gasteiger partial charge in [-0.1, -0.05) is 60.3 Å². The number of hydrogen-bond donors (Lipinski definition) is 0. The summed E-state index contributed by atoms with van der Waals surface area (Å²) >= 11 is 0. The zero-order valence-electron chi connectivity index (χ0n) is 18.6. The lowest BCUT2D eigenvalue weighted by atomic mass is 9.96. The van der Waals surface area contributed by atoms with Gasteiger partial charge >= 0.3 is 0 Å². The van der Waals surface area contributed by atoms with E-state index in [0.29, 0.717) is 31.7 Å². The molecule has 1 fully saturated rings. The first-order chi connectivity index (χ1) is 16.1. The fourth-order valence-electron chi connectivity index (χ4n) is 4.79. The highest BCUT2D eigenvalue weighted by Gasteiger charge is 2.24. The van der Waals surface area contributed by atoms with Crippen molar-refractivity contribution in [2.45, 2.75) is 0 Å². The second kappa shape index (κ2) is 8.53. The molecule has 0 spiro atoms. The summed E-state index contributed by atoms with van der Waals surface area (Å²) in [7, 11) is 0.868. The Labute approximate surface area is 196 Å². The zero-order valence-corrected chi connectivity index (χ0v) is 20.6. The van der Waals surface area contributed by atoms with E-state index in [4.69, 9.17) is 0 Å². The standard InChI is InChI=1S/C27H24N4OSi/c1-2-26(32)30-10-12-31(13-11-30)27-19(16-28)17-29-24-14-22(25(33)15-23(24)27)21-9-5-7-18-6-3-4-8-20(18)21/h2-9,14-15,17H,1,10-13H2,33H3. The van der Waals surface area contributed by atoms with E-state index in [1.807, 2.05) is 0 Å². The van der Waals surface area contributed by atoms with Crippen molar-refractivity contribution >= 4 is 48.7 Å². The van der Waals surface area contributed by atoms with Crippen molar-refractivity contribution in [1.29, 1.82) is 5.26 Å². The van der Waals surface area contributed by atoms with Gasteiger partial charge in [0.15, 0.2) is 0 Å². The molecule has 0 aliphatic carbocycles. The van der Waals surface area contributed by atoms with Gasteiger partial charge in [-0.15, -0.1) is 0 Å². The number of aromatic nitrogens is 1. The summed E-state index contributed by atoms with van der Waals surface area (Å²) < 4.78 is 0. The molecule has 1 saturated heterocycles. The van der Waals surface area contributed by atoms with E-state index in [-0.39, 0.29) is 5.91 Å². The minimum atomic E-state index is -0.0451. The molecule has 0 bridgehead atoms. The zero-order chi connectivity index (χ0) is 22.9. The molecule has 162 valence electrons. The van der Waals surface area contributed by atoms with Crippen LogP contribution in [0.15, 0.2) is 73.4 Å². The first-order valence-electron chi connectivity index (χ1n) is 11.1. The van der Waals surface area contributed by atoms with Crippen LogP contribution in [0.1, 0.15) is 5.56 Å². The average Bonchev–Trinajstić information content (AvgIpc) is 2.87. The van der Waals surface area contributed by atoms with Crippen LogP contribution >= 0.6 is 0 Å². The molecule has 6 heteroatoms. The normalized spacial score (nSPS) is 13.9. The molecule has 33 heavy (non-hydrogen) atoms. The monoisotopic (exact) mass is 448 g/mol. The second-order valence-corrected chi connectivity index (χ2v) is 9.44. The summed E-state index contributed by atoms with van der Waals surface area (Å²) in [5.74, 6) is -0.0451. The summed E-state index contributed by atoms with van der Waals surface area (Å²) in [5, 5.41) is 14.6. The van der Waals surface area contributed by atoms with E-state index in [1.165, 1.54) is 33.2 Å². The molecule has 1 amide bonds. The smallest absolute Gasteiger partial charge is 0.246 e. The van der Waals surface area contributed by atoms with Gasteiger partial charge in [0.05, 0.1) is 16.8 Å². The number of hydrogen-bond acceptors (Lipinski definition) is 4. The number of nitriles is 1. The highest BCUT2D eigenvalue weighted by Crippen LogP contribution is 2.34. The van der Waals surface area contributed by atoms with Crippen molar-refractivity contribution < 1.29 is 4.79 Å². The first-order valence-corrected chi connectivity index (χ1v) is 12.1. The molecule has 0 unspecified atom stereocenters. The molecule has 0 atom stereocenters. The highest BCUT2D eigenvalue weighted by atomic mass is 28.1. The number of carbonyl (C=O) groups is 1. The topological polar surface area (TPSA) is 60.2 Å². The lowest BCUT2D eigenvalue weighted by Gasteiger charge is -2.36. The van der Waals surface area contributed by atoms with Gasteiger partial charge in [0.2, 0.25) is 5.91 Å². The fourth-order valence-corrected chi connectivity index (χ4v) is 5.49. The largest absolute Gasteiger partial charge is 0.366 e. The van der Waals surface area contributed by atoms with Crippen molar-refractivity contribution in [2.75, 3.05) is 31.1 Å². The SMILES string of the molecule is C=CC(=O)N1CCN(c2c(C#N)cnc3cc(-c4cccc5ccccc45)c([SiH3])cc23)CC1. The number of nitrogens with zero attached hydrogens (tertiary/aromatic N) is 4. The predicted molar refractivity (Wildman–Crippen MR) is 138 cm³/mol. The molecular formula is C27H24N4OSi. The Morgan fingerprint density at radius 3 is 2.55 bits per heavy atom. The Balaban J connectivity index is 1.62. The number of pyridine rings is 1. The van der Waals surface area contributed by atoms with E-state index in [2.05, 4.69) is 77.1 Å². The quantitative estimate of drug-likeness (QED) is 0.357. The van der Waals surface area contributed by atoms with Crippen molar-refractivity contribution in [2.24, 2.45) is 0 Å². The fraction of sp³-hybridized carbons (Fsp3) is 0.148. The minimum absolute atomic E-state index is 0.0451. The maximum atomic E-state index is 12.0. The third-order valence-corrected chi connectivity index (χ3v) is 7.30. The van der Waals surface area contributed by atoms with Gasteiger partial charge in [0.1, 0.15) is 6.07 Å². The van der Waals surface area contributed by atoms with E-state index in [0.717, 1.165) is 26.8 Å². The first kappa shape index (κ1) is 20.9. The summed E-state index contributed by atoms with van der Waals surface area (Å²) in [5.41, 5.74) is 4.80. The third kappa shape index (κ3) is 3.67. The van der Waals surface area contributed by atoms with Gasteiger partial charge in [0, 0.05) is 48.0 Å². The average molecular weight is 449 g/mol. The molecule has 3 aromatic carbocycles. The highest BCUT2D eigenvalue weighted by molar-refractivity contribution is 6.37. The summed E-state index contributed by atoms with van der Waals surface area (Å²) in [6, 6.07) is 21.6. The van der Waals surface area contributed by atoms with Gasteiger partial charge < -0.3 is 9.80 Å². The van der Waals surface area contributed by atoms with Crippen molar-refractivity contribution in [3.05, 3.63) is 79.0 Å². The molecule has 0 saturated carbocycles. The third-order valence-electron chi connectivity index (χ3n) is 6.47. The van der Waals surface area contributed by atoms with Gasteiger partial charge in [-0.25, -0.2) is 0 Å². The van der Waals surface area contributed by atoms with Gasteiger partial charge in [-0.2, -0.15) is 5.26 Å². The predicted octanol–water partition coefficient (Wildman–Crippen LogP) is 2.75. The minimum Gasteiger partial charge on any atom is -0.366 e. The van der Waals surface area contributed by atoms with Crippen LogP contribution in [0.5, 0.6) is 0 Å². The van der Waals surface area contributed by atoms with E-state index < -0.39 is 0 Å². The van der Waals surface area contributed by atoms with Crippen molar-refractivity contribution in [1.82, 2.24) is 9.88 Å². The van der Waals surface area contributed by atoms with Gasteiger partial charge in [-0.05, 0) is 34.0 Å². The Morgan fingerprint density at radius 1 is 1.03 bits per heavy atom. The molecule has 0 radical (unpaired) electrons. The van der Waals surface area contributed by atoms with Crippen LogP contribution in [-0.2, 0) is 4.79 Å². The number of piperazine rings is 1. The summed E-state index contributed by atoms with van der Waals surface area (Å²) in [6.45, 7) is 6.17. The molecule has 1 aromatic heterocycles. The van der Waals surface area contributed by atoms with Crippen LogP contribution < -0.4 is 10.1 Å². The Morgan fingerprint density at radius 2 is 1.79 bits per heavy atom. The van der Waals surface area contributed by atoms with E-state index >= 15 is 0 Å². The summed E-state index contributed by atoms with van der Waals surface area (Å²) in [4.78, 5) is 20.7. The van der Waals surface area contributed by atoms with Crippen LogP contribution in [0.3, 0.4) is 0 Å². The van der Waals surface area contributed by atoms with Crippen molar-refractivity contribution in [3.63, 3.8) is 0 Å². The number of amides is 1. The van der Waals surface area contributed by atoms with Crippen LogP contribution in [0.25, 0.3) is 32.8 Å². The number of anilines is 1. The van der Waals surface area contributed by atoms with E-state index in [1.54, 1.807) is 11.1 Å². The lowest BCUT2D eigenvalue weighted by Crippen LogP contribution is -2.48. The second-order valence-electron chi connectivity index (χ2n) is 8.36. The molecule has 4 aromatic rings. The maximum Gasteiger partial charge on any atom is 0.246 e. The number of benzene rings is 3. The van der Waals surface area contributed by atoms with Crippen LogP contribution in [0.4, 0.5) is 5.69 Å². The molecule has 2 heterocycles. The van der Waals surface area contributed by atoms with Crippen LogP contribution in [-0.4, -0.2) is 52.2 Å². The lowest BCUT2D eigenvalue weighted by molar-refractivity contribution is -0.126. The van der Waals surface area contributed by atoms with Gasteiger partial charge in [-0.3, -0.25) is 9.78 Å². The molecular weight excluding hydrogens is 424 g/mol. The Bertz CT molecular complexity index is 1440. The molecule has 5 nitrogen and oxygen atoms in total. The Kier molecular flexibility index (Phi) is 5.41. The Hall–Kier alpha value is -3.95. The number of rotatable bonds is 3. The number of carbonyl (C=O) groups excluding carboxylic acids is 1. The molecule has 1 aliphatic rings. The van der Waals surface area contributed by atoms with Crippen LogP contribution in [0, 0.1) is 11.3 Å². The van der Waals surface area contributed by atoms with Crippen LogP contribution in [0.2, 0.25) is 0 Å². The van der Waals surface area contributed by atoms with E-state index in [9.17, 15) is 10.1 Å². The molecule has 1 aliphatic heterocycles. The molecule has 0 N–H and O–H groups in total. The maximum absolute atomic E-state index is 12.0. The molecule has 5 rings (SSSR count). The van der Waals surface area contributed by atoms with Crippen molar-refractivity contribution in [3.8, 4) is 17.2 Å². The summed E-state index contributed by atoms with van der Waals surface area (Å²) in [6.07, 6.45) is 3.04.